The van der Waals surface area contributed by atoms with Gasteiger partial charge in [-0.05, 0) is 33.6 Å². The van der Waals surface area contributed by atoms with Crippen molar-refractivity contribution in [1.29, 1.82) is 0 Å². The quantitative estimate of drug-likeness (QED) is 0.0885. The fourth-order valence-electron chi connectivity index (χ4n) is 2.04. The van der Waals surface area contributed by atoms with Crippen molar-refractivity contribution in [1.82, 2.24) is 16.0 Å². The molecule has 0 aliphatic carbocycles. The van der Waals surface area contributed by atoms with Gasteiger partial charge in [0.05, 0.1) is 6.10 Å². The molecule has 0 aliphatic rings. The van der Waals surface area contributed by atoms with E-state index >= 15 is 0 Å². The SMILES string of the molecule is CC(NC(=O)C(C)NC(=O)C(CCCN=C(N)N)NC(=O)C(N)C(C)O)C(=O)O. The molecule has 0 radical (unpaired) electrons. The first-order valence-electron chi connectivity index (χ1n) is 8.99. The Labute approximate surface area is 168 Å². The van der Waals surface area contributed by atoms with Crippen LogP contribution >= 0.6 is 0 Å². The molecule has 5 unspecified atom stereocenters. The van der Waals surface area contributed by atoms with Gasteiger partial charge in [-0.3, -0.25) is 24.2 Å². The Balaban J connectivity index is 5.05. The van der Waals surface area contributed by atoms with Crippen molar-refractivity contribution in [3.8, 4) is 0 Å². The minimum absolute atomic E-state index is 0.121. The van der Waals surface area contributed by atoms with Crippen LogP contribution in [0.25, 0.3) is 0 Å². The van der Waals surface area contributed by atoms with Crippen LogP contribution in [-0.4, -0.2) is 76.7 Å². The highest BCUT2D eigenvalue weighted by atomic mass is 16.4. The number of aliphatic imine (C=N–C) groups is 1. The first kappa shape index (κ1) is 26.1. The van der Waals surface area contributed by atoms with Crippen molar-refractivity contribution in [3.63, 3.8) is 0 Å². The molecule has 166 valence electrons. The molecule has 11 N–H and O–H groups in total. The average molecular weight is 417 g/mol. The van der Waals surface area contributed by atoms with E-state index in [2.05, 4.69) is 20.9 Å². The van der Waals surface area contributed by atoms with Gasteiger partial charge < -0.3 is 43.4 Å². The normalized spacial score (nSPS) is 15.8. The number of hydrogen-bond acceptors (Lipinski definition) is 7. The van der Waals surface area contributed by atoms with Crippen LogP contribution in [0, 0.1) is 0 Å². The summed E-state index contributed by atoms with van der Waals surface area (Å²) in [5.41, 5.74) is 16.0. The monoisotopic (exact) mass is 417 g/mol. The van der Waals surface area contributed by atoms with Gasteiger partial charge in [-0.25, -0.2) is 0 Å². The molecule has 0 aromatic carbocycles. The number of carbonyl (C=O) groups excluding carboxylic acids is 3. The summed E-state index contributed by atoms with van der Waals surface area (Å²) in [6.07, 6.45) is -0.681. The fraction of sp³-hybridized carbons (Fsp3) is 0.688. The van der Waals surface area contributed by atoms with Crippen LogP contribution in [-0.2, 0) is 19.2 Å². The number of carboxylic acids is 1. The Morgan fingerprint density at radius 3 is 1.97 bits per heavy atom. The van der Waals surface area contributed by atoms with Gasteiger partial charge in [0.25, 0.3) is 0 Å². The summed E-state index contributed by atoms with van der Waals surface area (Å²) in [5.74, 6) is -3.50. The Morgan fingerprint density at radius 1 is 0.931 bits per heavy atom. The number of aliphatic hydroxyl groups excluding tert-OH is 1. The maximum Gasteiger partial charge on any atom is 0.325 e. The number of nitrogens with two attached hydrogens (primary N) is 3. The largest absolute Gasteiger partial charge is 0.480 e. The number of carbonyl (C=O) groups is 4. The van der Waals surface area contributed by atoms with E-state index in [1.165, 1.54) is 20.8 Å². The van der Waals surface area contributed by atoms with Crippen LogP contribution in [0.15, 0.2) is 4.99 Å². The van der Waals surface area contributed by atoms with Crippen LogP contribution in [0.3, 0.4) is 0 Å². The number of rotatable bonds is 12. The summed E-state index contributed by atoms with van der Waals surface area (Å²) < 4.78 is 0. The van der Waals surface area contributed by atoms with Crippen molar-refractivity contribution < 1.29 is 29.4 Å². The number of carboxylic acid groups (broad SMARTS) is 1. The molecule has 5 atom stereocenters. The molecule has 0 heterocycles. The standard InChI is InChI=1S/C16H31N7O6/c1-7(12(25)22-8(2)15(28)29)21-13(26)10(5-4-6-20-16(18)19)23-14(27)11(17)9(3)24/h7-11,24H,4-6,17H2,1-3H3,(H,21,26)(H,22,25)(H,23,27)(H,28,29)(H4,18,19,20). The first-order valence-corrected chi connectivity index (χ1v) is 8.99. The van der Waals surface area contributed by atoms with E-state index in [9.17, 15) is 24.3 Å². The Hall–Kier alpha value is -2.93. The van der Waals surface area contributed by atoms with Crippen LogP contribution in [0.4, 0.5) is 0 Å². The van der Waals surface area contributed by atoms with Crippen LogP contribution in [0.5, 0.6) is 0 Å². The molecule has 0 spiro atoms. The van der Waals surface area contributed by atoms with Gasteiger partial charge in [-0.1, -0.05) is 0 Å². The zero-order valence-corrected chi connectivity index (χ0v) is 16.7. The van der Waals surface area contributed by atoms with E-state index in [4.69, 9.17) is 22.3 Å². The summed E-state index contributed by atoms with van der Waals surface area (Å²) in [7, 11) is 0. The van der Waals surface area contributed by atoms with Gasteiger partial charge in [0, 0.05) is 6.54 Å². The lowest BCUT2D eigenvalue weighted by molar-refractivity contribution is -0.141. The summed E-state index contributed by atoms with van der Waals surface area (Å²) in [4.78, 5) is 51.2. The van der Waals surface area contributed by atoms with Crippen molar-refractivity contribution in [2.75, 3.05) is 6.54 Å². The molecule has 0 saturated heterocycles. The number of hydrogen-bond donors (Lipinski definition) is 8. The van der Waals surface area contributed by atoms with E-state index in [1.54, 1.807) is 0 Å². The summed E-state index contributed by atoms with van der Waals surface area (Å²) in [6, 6.07) is -4.53. The number of guanidine groups is 1. The summed E-state index contributed by atoms with van der Waals surface area (Å²) >= 11 is 0. The zero-order valence-electron chi connectivity index (χ0n) is 16.7. The van der Waals surface area contributed by atoms with E-state index in [1.807, 2.05) is 0 Å². The van der Waals surface area contributed by atoms with Gasteiger partial charge in [0.2, 0.25) is 17.7 Å². The topological polar surface area (TPSA) is 235 Å². The molecule has 0 aliphatic heterocycles. The molecule has 0 fully saturated rings. The molecule has 3 amide bonds. The third kappa shape index (κ3) is 10.3. The molecule has 13 heteroatoms. The lowest BCUT2D eigenvalue weighted by Crippen LogP contribution is -2.57. The number of nitrogens with zero attached hydrogens (tertiary/aromatic N) is 1. The lowest BCUT2D eigenvalue weighted by Gasteiger charge is -2.23. The predicted molar refractivity (Wildman–Crippen MR) is 104 cm³/mol. The molecule has 13 nitrogen and oxygen atoms in total. The van der Waals surface area contributed by atoms with E-state index in [-0.39, 0.29) is 18.9 Å². The fourth-order valence-corrected chi connectivity index (χ4v) is 2.04. The maximum absolute atomic E-state index is 12.5. The van der Waals surface area contributed by atoms with Crippen LogP contribution in [0.1, 0.15) is 33.6 Å². The highest BCUT2D eigenvalue weighted by Crippen LogP contribution is 2.02. The van der Waals surface area contributed by atoms with Crippen molar-refractivity contribution in [3.05, 3.63) is 0 Å². The number of aliphatic hydroxyl groups is 1. The molecular weight excluding hydrogens is 386 g/mol. The Kier molecular flexibility index (Phi) is 11.2. The second kappa shape index (κ2) is 12.5. The molecule has 0 rings (SSSR count). The molecular formula is C16H31N7O6. The number of aliphatic carboxylic acids is 1. The second-order valence-electron chi connectivity index (χ2n) is 6.58. The maximum atomic E-state index is 12.5. The minimum atomic E-state index is -1.25. The molecule has 29 heavy (non-hydrogen) atoms. The van der Waals surface area contributed by atoms with Gasteiger partial charge in [0.1, 0.15) is 24.2 Å². The van der Waals surface area contributed by atoms with E-state index in [0.717, 1.165) is 0 Å². The van der Waals surface area contributed by atoms with Crippen LogP contribution < -0.4 is 33.2 Å². The highest BCUT2D eigenvalue weighted by Gasteiger charge is 2.28. The van der Waals surface area contributed by atoms with E-state index in [0.29, 0.717) is 6.42 Å². The number of nitrogens with one attached hydrogen (secondary N) is 3. The van der Waals surface area contributed by atoms with Crippen LogP contribution in [0.2, 0.25) is 0 Å². The predicted octanol–water partition coefficient (Wildman–Crippen LogP) is -3.67. The molecule has 0 saturated carbocycles. The Morgan fingerprint density at radius 2 is 1.48 bits per heavy atom. The lowest BCUT2D eigenvalue weighted by atomic mass is 10.1. The van der Waals surface area contributed by atoms with E-state index < -0.39 is 54.0 Å². The second-order valence-corrected chi connectivity index (χ2v) is 6.58. The summed E-state index contributed by atoms with van der Waals surface area (Å²) in [5, 5.41) is 25.3. The summed E-state index contributed by atoms with van der Waals surface area (Å²) in [6.45, 7) is 4.17. The molecule has 0 aromatic rings. The highest BCUT2D eigenvalue weighted by molar-refractivity contribution is 5.93. The Bertz CT molecular complexity index is 621. The van der Waals surface area contributed by atoms with Crippen molar-refractivity contribution in [2.45, 2.75) is 63.9 Å². The zero-order chi connectivity index (χ0) is 22.7. The van der Waals surface area contributed by atoms with Crippen molar-refractivity contribution >= 4 is 29.7 Å². The van der Waals surface area contributed by atoms with Gasteiger partial charge >= 0.3 is 5.97 Å². The smallest absolute Gasteiger partial charge is 0.325 e. The van der Waals surface area contributed by atoms with Gasteiger partial charge in [0.15, 0.2) is 5.96 Å². The minimum Gasteiger partial charge on any atom is -0.480 e. The third-order valence-electron chi connectivity index (χ3n) is 3.88. The van der Waals surface area contributed by atoms with Gasteiger partial charge in [-0.15, -0.1) is 0 Å². The van der Waals surface area contributed by atoms with Crippen molar-refractivity contribution in [2.24, 2.45) is 22.2 Å². The van der Waals surface area contributed by atoms with Gasteiger partial charge in [-0.2, -0.15) is 0 Å². The molecule has 0 bridgehead atoms. The number of amides is 3. The average Bonchev–Trinajstić information content (AvgIpc) is 2.62. The first-order chi connectivity index (χ1) is 13.4. The molecule has 0 aromatic heterocycles. The third-order valence-corrected chi connectivity index (χ3v) is 3.88.